The Kier molecular flexibility index (Phi) is 6.77. The van der Waals surface area contributed by atoms with E-state index in [2.05, 4.69) is 123 Å². The molecule has 0 spiro atoms. The van der Waals surface area contributed by atoms with Gasteiger partial charge in [-0.05, 0) is 44.5 Å². The van der Waals surface area contributed by atoms with E-state index < -0.39 is 0 Å². The molecule has 0 fully saturated rings. The fourth-order valence-electron chi connectivity index (χ4n) is 3.78. The van der Waals surface area contributed by atoms with Crippen LogP contribution in [0, 0.1) is 13.8 Å². The van der Waals surface area contributed by atoms with Crippen molar-refractivity contribution in [1.29, 1.82) is 0 Å². The molecule has 3 aromatic rings. The van der Waals surface area contributed by atoms with Crippen LogP contribution in [-0.2, 0) is 6.54 Å². The maximum Gasteiger partial charge on any atom is 0.213 e. The Morgan fingerprint density at radius 3 is 2.38 bits per heavy atom. The van der Waals surface area contributed by atoms with Crippen LogP contribution >= 0.6 is 0 Å². The molecule has 1 aromatic heterocycles. The van der Waals surface area contributed by atoms with Gasteiger partial charge in [-0.2, -0.15) is 4.57 Å². The highest BCUT2D eigenvalue weighted by atomic mass is 15.0. The molecule has 3 rings (SSSR count). The van der Waals surface area contributed by atoms with E-state index in [1.54, 1.807) is 0 Å². The number of benzene rings is 2. The first kappa shape index (κ1) is 20.7. The van der Waals surface area contributed by atoms with E-state index in [1.807, 2.05) is 0 Å². The summed E-state index contributed by atoms with van der Waals surface area (Å²) in [5.74, 6) is 0. The maximum atomic E-state index is 2.43. The number of allylic oxidation sites excluding steroid dienone is 2. The first-order chi connectivity index (χ1) is 14.1. The summed E-state index contributed by atoms with van der Waals surface area (Å²) in [6, 6.07) is 24.0. The summed E-state index contributed by atoms with van der Waals surface area (Å²) in [5.41, 5.74) is 8.99. The lowest BCUT2D eigenvalue weighted by Gasteiger charge is -2.12. The van der Waals surface area contributed by atoms with Gasteiger partial charge in [0.25, 0.3) is 0 Å². The molecule has 0 aliphatic rings. The molecule has 0 aliphatic heterocycles. The fourth-order valence-corrected chi connectivity index (χ4v) is 3.78. The summed E-state index contributed by atoms with van der Waals surface area (Å²) in [6.45, 7) is 10.5. The molecule has 0 saturated heterocycles. The van der Waals surface area contributed by atoms with E-state index in [9.17, 15) is 0 Å². The number of aromatic nitrogens is 1. The number of pyridine rings is 1. The standard InChI is InChI=1S/C27H32N2/c1-6-13-26(28(5)7-2)25-18-11-9-16-23(25)20-29-22(4)15-12-19-27(29)24-17-10-8-14-21(24)3/h6,8-19H,7,20H2,1-5H3/q+2. The second kappa shape index (κ2) is 9.47. The third-order valence-electron chi connectivity index (χ3n) is 5.56. The lowest BCUT2D eigenvalue weighted by Crippen LogP contribution is -2.40. The smallest absolute Gasteiger partial charge is 0.213 e. The predicted molar refractivity (Wildman–Crippen MR) is 123 cm³/mol. The molecule has 0 N–H and O–H groups in total. The quantitative estimate of drug-likeness (QED) is 0.400. The molecule has 0 unspecified atom stereocenters. The molecule has 1 heterocycles. The number of aryl methyl sites for hydroxylation is 2. The minimum Gasteiger partial charge on any atom is -0.232 e. The number of hydrogen-bond donors (Lipinski definition) is 0. The Hall–Kier alpha value is -3.00. The third kappa shape index (κ3) is 4.54. The van der Waals surface area contributed by atoms with Crippen molar-refractivity contribution < 1.29 is 9.14 Å². The molecule has 2 nitrogen and oxygen atoms in total. The van der Waals surface area contributed by atoms with Gasteiger partial charge < -0.3 is 0 Å². The normalized spacial score (nSPS) is 12.3. The van der Waals surface area contributed by atoms with Crippen molar-refractivity contribution in [3.8, 4) is 11.3 Å². The minimum atomic E-state index is 0.838. The van der Waals surface area contributed by atoms with E-state index in [4.69, 9.17) is 0 Å². The van der Waals surface area contributed by atoms with Gasteiger partial charge in [0, 0.05) is 36.3 Å². The Balaban J connectivity index is 2.15. The van der Waals surface area contributed by atoms with Crippen molar-refractivity contribution in [1.82, 2.24) is 0 Å². The van der Waals surface area contributed by atoms with Crippen LogP contribution in [0.3, 0.4) is 0 Å². The molecular weight excluding hydrogens is 352 g/mol. The van der Waals surface area contributed by atoms with Crippen LogP contribution in [0.2, 0.25) is 0 Å². The van der Waals surface area contributed by atoms with Gasteiger partial charge in [0.05, 0.1) is 5.56 Å². The zero-order valence-electron chi connectivity index (χ0n) is 18.3. The molecule has 29 heavy (non-hydrogen) atoms. The fraction of sp³-hybridized carbons (Fsp3) is 0.259. The van der Waals surface area contributed by atoms with Crippen molar-refractivity contribution in [2.24, 2.45) is 0 Å². The molecule has 0 atom stereocenters. The van der Waals surface area contributed by atoms with E-state index in [0.29, 0.717) is 0 Å². The average Bonchev–Trinajstić information content (AvgIpc) is 2.74. The summed E-state index contributed by atoms with van der Waals surface area (Å²) >= 11 is 0. The lowest BCUT2D eigenvalue weighted by atomic mass is 10.00. The van der Waals surface area contributed by atoms with Gasteiger partial charge in [0.2, 0.25) is 11.4 Å². The molecular formula is C27H32N2+2. The van der Waals surface area contributed by atoms with Crippen LogP contribution in [0.4, 0.5) is 0 Å². The first-order valence-electron chi connectivity index (χ1n) is 10.4. The van der Waals surface area contributed by atoms with Gasteiger partial charge in [0.1, 0.15) is 13.6 Å². The van der Waals surface area contributed by atoms with Gasteiger partial charge >= 0.3 is 0 Å². The summed E-state index contributed by atoms with van der Waals surface area (Å²) in [4.78, 5) is 0. The zero-order chi connectivity index (χ0) is 20.8. The van der Waals surface area contributed by atoms with E-state index in [1.165, 1.54) is 39.4 Å². The van der Waals surface area contributed by atoms with E-state index >= 15 is 0 Å². The monoisotopic (exact) mass is 384 g/mol. The van der Waals surface area contributed by atoms with Crippen LogP contribution in [0.25, 0.3) is 11.3 Å². The highest BCUT2D eigenvalue weighted by Gasteiger charge is 2.21. The second-order valence-corrected chi connectivity index (χ2v) is 7.51. The molecule has 0 aliphatic carbocycles. The zero-order valence-corrected chi connectivity index (χ0v) is 18.3. The molecule has 0 saturated carbocycles. The SMILES string of the molecule is CC=CC(c1ccccc1C[n+]1c(C)cccc1-c1ccccc1C)=[N+](C)CC. The molecule has 0 amide bonds. The topological polar surface area (TPSA) is 6.89 Å². The summed E-state index contributed by atoms with van der Waals surface area (Å²) < 4.78 is 4.74. The van der Waals surface area contributed by atoms with Crippen molar-refractivity contribution in [2.45, 2.75) is 34.2 Å². The summed E-state index contributed by atoms with van der Waals surface area (Å²) in [5, 5.41) is 0. The van der Waals surface area contributed by atoms with Crippen molar-refractivity contribution in [3.63, 3.8) is 0 Å². The third-order valence-corrected chi connectivity index (χ3v) is 5.56. The van der Waals surface area contributed by atoms with E-state index in [-0.39, 0.29) is 0 Å². The van der Waals surface area contributed by atoms with Gasteiger partial charge in [-0.1, -0.05) is 42.5 Å². The maximum absolute atomic E-state index is 2.43. The molecule has 0 radical (unpaired) electrons. The largest absolute Gasteiger partial charge is 0.232 e. The van der Waals surface area contributed by atoms with Crippen molar-refractivity contribution >= 4 is 5.71 Å². The Bertz CT molecular complexity index is 1060. The number of nitrogens with zero attached hydrogens (tertiary/aromatic N) is 2. The van der Waals surface area contributed by atoms with Gasteiger partial charge in [-0.15, -0.1) is 0 Å². The highest BCUT2D eigenvalue weighted by molar-refractivity contribution is 6.06. The van der Waals surface area contributed by atoms with Gasteiger partial charge in [0.15, 0.2) is 12.2 Å². The minimum absolute atomic E-state index is 0.838. The van der Waals surface area contributed by atoms with Crippen LogP contribution in [0.5, 0.6) is 0 Å². The molecule has 2 heteroatoms. The van der Waals surface area contributed by atoms with Crippen molar-refractivity contribution in [3.05, 3.63) is 101 Å². The first-order valence-corrected chi connectivity index (χ1v) is 10.4. The Morgan fingerprint density at radius 2 is 1.66 bits per heavy atom. The highest BCUT2D eigenvalue weighted by Crippen LogP contribution is 2.21. The Labute approximate surface area is 175 Å². The second-order valence-electron chi connectivity index (χ2n) is 7.51. The van der Waals surface area contributed by atoms with E-state index in [0.717, 1.165) is 13.1 Å². The van der Waals surface area contributed by atoms with Crippen LogP contribution in [0.1, 0.15) is 36.2 Å². The van der Waals surface area contributed by atoms with Gasteiger partial charge in [-0.25, -0.2) is 4.58 Å². The molecule has 2 aromatic carbocycles. The van der Waals surface area contributed by atoms with Gasteiger partial charge in [-0.3, -0.25) is 0 Å². The van der Waals surface area contributed by atoms with Crippen LogP contribution < -0.4 is 4.57 Å². The molecule has 148 valence electrons. The Morgan fingerprint density at radius 1 is 0.931 bits per heavy atom. The summed E-state index contributed by atoms with van der Waals surface area (Å²) in [7, 11) is 2.16. The lowest BCUT2D eigenvalue weighted by molar-refractivity contribution is -0.683. The number of hydrogen-bond acceptors (Lipinski definition) is 0. The number of rotatable bonds is 6. The van der Waals surface area contributed by atoms with Crippen molar-refractivity contribution in [2.75, 3.05) is 13.6 Å². The predicted octanol–water partition coefficient (Wildman–Crippen LogP) is 5.33. The molecule has 0 bridgehead atoms. The van der Waals surface area contributed by atoms with Crippen LogP contribution in [0.15, 0.2) is 78.9 Å². The average molecular weight is 385 g/mol. The summed E-state index contributed by atoms with van der Waals surface area (Å²) in [6.07, 6.45) is 4.34. The van der Waals surface area contributed by atoms with Crippen LogP contribution in [-0.4, -0.2) is 23.9 Å².